The monoisotopic (exact) mass is 495 g/mol. The molecule has 0 spiro atoms. The number of carbonyl (C=O) groups is 1. The Kier molecular flexibility index (Phi) is 7.23. The van der Waals surface area contributed by atoms with E-state index in [-0.39, 0.29) is 5.91 Å². The summed E-state index contributed by atoms with van der Waals surface area (Å²) in [5, 5.41) is 13.9. The maximum atomic E-state index is 12.0. The second-order valence-corrected chi connectivity index (χ2v) is 8.74. The van der Waals surface area contributed by atoms with Crippen molar-refractivity contribution >= 4 is 39.8 Å². The summed E-state index contributed by atoms with van der Waals surface area (Å²) in [6.07, 6.45) is 6.85. The molecule has 0 atom stereocenters. The maximum absolute atomic E-state index is 12.0. The third kappa shape index (κ3) is 5.52. The van der Waals surface area contributed by atoms with Gasteiger partial charge in [-0.1, -0.05) is 24.8 Å². The number of piperidine rings is 1. The smallest absolute Gasteiger partial charge is 0.247 e. The van der Waals surface area contributed by atoms with Crippen LogP contribution in [-0.4, -0.2) is 47.1 Å². The minimum absolute atomic E-state index is 0.309. The Hall–Kier alpha value is -4.50. The van der Waals surface area contributed by atoms with Crippen LogP contribution in [0.4, 0.5) is 23.0 Å². The van der Waals surface area contributed by atoms with Crippen molar-refractivity contribution in [1.29, 1.82) is 0 Å². The zero-order valence-corrected chi connectivity index (χ0v) is 20.6. The summed E-state index contributed by atoms with van der Waals surface area (Å²) in [4.78, 5) is 25.8. The number of rotatable bonds is 8. The topological polar surface area (TPSA) is 113 Å². The van der Waals surface area contributed by atoms with Crippen molar-refractivity contribution in [2.75, 3.05) is 36.1 Å². The first-order valence-corrected chi connectivity index (χ1v) is 12.2. The van der Waals surface area contributed by atoms with Crippen LogP contribution in [0.3, 0.4) is 0 Å². The number of para-hydroxylation sites is 1. The van der Waals surface area contributed by atoms with E-state index >= 15 is 0 Å². The summed E-state index contributed by atoms with van der Waals surface area (Å²) in [5.41, 5.74) is 4.44. The molecule has 4 aromatic rings. The average molecular weight is 496 g/mol. The zero-order valence-electron chi connectivity index (χ0n) is 20.6. The van der Waals surface area contributed by atoms with Crippen molar-refractivity contribution in [3.63, 3.8) is 0 Å². The summed E-state index contributed by atoms with van der Waals surface area (Å²) in [7, 11) is 1.65. The molecular weight excluding hydrogens is 466 g/mol. The van der Waals surface area contributed by atoms with Crippen LogP contribution >= 0.6 is 0 Å². The van der Waals surface area contributed by atoms with Gasteiger partial charge in [-0.15, -0.1) is 0 Å². The van der Waals surface area contributed by atoms with Crippen molar-refractivity contribution in [2.24, 2.45) is 0 Å². The molecule has 0 saturated carbocycles. The highest BCUT2D eigenvalue weighted by Crippen LogP contribution is 2.33. The fourth-order valence-corrected chi connectivity index (χ4v) is 4.42. The number of benzene rings is 2. The van der Waals surface area contributed by atoms with E-state index in [1.807, 2.05) is 36.4 Å². The summed E-state index contributed by atoms with van der Waals surface area (Å²) >= 11 is 0. The van der Waals surface area contributed by atoms with Crippen molar-refractivity contribution in [3.05, 3.63) is 73.6 Å². The largest absolute Gasteiger partial charge is 0.494 e. The Labute approximate surface area is 215 Å². The van der Waals surface area contributed by atoms with E-state index in [1.165, 1.54) is 6.08 Å². The lowest BCUT2D eigenvalue weighted by Gasteiger charge is -2.25. The van der Waals surface area contributed by atoms with E-state index in [0.717, 1.165) is 48.3 Å². The van der Waals surface area contributed by atoms with E-state index in [9.17, 15) is 4.79 Å². The molecule has 4 N–H and O–H groups in total. The Bertz CT molecular complexity index is 1430. The van der Waals surface area contributed by atoms with Gasteiger partial charge >= 0.3 is 0 Å². The van der Waals surface area contributed by atoms with Crippen LogP contribution in [0.25, 0.3) is 22.2 Å². The number of carbonyl (C=O) groups excluding carboxylic acids is 1. The van der Waals surface area contributed by atoms with Gasteiger partial charge in [-0.3, -0.25) is 9.78 Å². The molecule has 2 aromatic heterocycles. The molecule has 3 heterocycles. The van der Waals surface area contributed by atoms with Crippen LogP contribution in [-0.2, 0) is 4.79 Å². The van der Waals surface area contributed by atoms with E-state index < -0.39 is 0 Å². The number of fused-ring (bicyclic) bond motifs is 1. The second kappa shape index (κ2) is 11.0. The predicted octanol–water partition coefficient (Wildman–Crippen LogP) is 4.73. The van der Waals surface area contributed by atoms with E-state index in [4.69, 9.17) is 9.72 Å². The molecule has 188 valence electrons. The molecule has 0 radical (unpaired) electrons. The number of pyridine rings is 1. The second-order valence-electron chi connectivity index (χ2n) is 8.74. The highest BCUT2D eigenvalue weighted by atomic mass is 16.5. The molecule has 1 saturated heterocycles. The maximum Gasteiger partial charge on any atom is 0.247 e. The lowest BCUT2D eigenvalue weighted by molar-refractivity contribution is -0.111. The molecule has 9 nitrogen and oxygen atoms in total. The van der Waals surface area contributed by atoms with E-state index in [0.29, 0.717) is 34.6 Å². The van der Waals surface area contributed by atoms with Gasteiger partial charge in [0, 0.05) is 41.1 Å². The molecule has 0 unspecified atom stereocenters. The molecule has 9 heteroatoms. The Morgan fingerprint density at radius 1 is 1.11 bits per heavy atom. The molecule has 0 aliphatic carbocycles. The number of ether oxygens (including phenoxy) is 1. The predicted molar refractivity (Wildman–Crippen MR) is 147 cm³/mol. The highest BCUT2D eigenvalue weighted by molar-refractivity contribution is 6.03. The first-order valence-electron chi connectivity index (χ1n) is 12.2. The summed E-state index contributed by atoms with van der Waals surface area (Å²) in [5.74, 6) is 0.802. The summed E-state index contributed by atoms with van der Waals surface area (Å²) < 4.78 is 5.66. The number of amides is 1. The minimum Gasteiger partial charge on any atom is -0.494 e. The normalized spacial score (nSPS) is 13.6. The van der Waals surface area contributed by atoms with E-state index in [1.54, 1.807) is 31.6 Å². The third-order valence-electron chi connectivity index (χ3n) is 6.27. The van der Waals surface area contributed by atoms with Crippen LogP contribution in [0.2, 0.25) is 0 Å². The standard InChI is InChI=1S/C28H29N7O2/c1-3-25(36)33-23-8-5-13-30-27(23)21-7-4-6-18-17-31-28(35-26(18)21)34-22-10-9-20(16-24(22)37-2)32-19-11-14-29-15-12-19/h3-10,13,16-17,19,29,32H,1,11-12,14-15H2,2H3,(H,33,36)(H,31,34,35). The van der Waals surface area contributed by atoms with Gasteiger partial charge in [0.1, 0.15) is 5.75 Å². The van der Waals surface area contributed by atoms with Crippen molar-refractivity contribution in [1.82, 2.24) is 20.3 Å². The Morgan fingerprint density at radius 2 is 1.97 bits per heavy atom. The van der Waals surface area contributed by atoms with Crippen molar-refractivity contribution in [3.8, 4) is 17.0 Å². The van der Waals surface area contributed by atoms with Crippen molar-refractivity contribution < 1.29 is 9.53 Å². The van der Waals surface area contributed by atoms with Crippen LogP contribution in [0.5, 0.6) is 5.75 Å². The number of anilines is 4. The van der Waals surface area contributed by atoms with Gasteiger partial charge < -0.3 is 26.0 Å². The molecule has 1 aliphatic heterocycles. The third-order valence-corrected chi connectivity index (χ3v) is 6.27. The van der Waals surface area contributed by atoms with Crippen LogP contribution in [0, 0.1) is 0 Å². The molecule has 1 amide bonds. The number of hydrogen-bond acceptors (Lipinski definition) is 8. The fraction of sp³-hybridized carbons (Fsp3) is 0.214. The van der Waals surface area contributed by atoms with E-state index in [2.05, 4.69) is 37.8 Å². The van der Waals surface area contributed by atoms with Crippen molar-refractivity contribution in [2.45, 2.75) is 18.9 Å². The van der Waals surface area contributed by atoms with Gasteiger partial charge in [-0.2, -0.15) is 0 Å². The van der Waals surface area contributed by atoms with Gasteiger partial charge in [-0.25, -0.2) is 9.97 Å². The molecule has 0 bridgehead atoms. The Morgan fingerprint density at radius 3 is 2.78 bits per heavy atom. The van der Waals surface area contributed by atoms with Gasteiger partial charge in [0.05, 0.1) is 29.7 Å². The molecule has 1 fully saturated rings. The quantitative estimate of drug-likeness (QED) is 0.260. The number of nitrogens with one attached hydrogen (secondary N) is 4. The number of aromatic nitrogens is 3. The average Bonchev–Trinajstić information content (AvgIpc) is 2.94. The minimum atomic E-state index is -0.309. The summed E-state index contributed by atoms with van der Waals surface area (Å²) in [6.45, 7) is 5.58. The number of hydrogen-bond donors (Lipinski definition) is 4. The van der Waals surface area contributed by atoms with Gasteiger partial charge in [-0.05, 0) is 56.3 Å². The molecule has 5 rings (SSSR count). The summed E-state index contributed by atoms with van der Waals surface area (Å²) in [6, 6.07) is 15.8. The van der Waals surface area contributed by atoms with Crippen LogP contribution < -0.4 is 26.0 Å². The van der Waals surface area contributed by atoms with Gasteiger partial charge in [0.15, 0.2) is 0 Å². The van der Waals surface area contributed by atoms with Crippen LogP contribution in [0.15, 0.2) is 73.6 Å². The first-order chi connectivity index (χ1) is 18.1. The lowest BCUT2D eigenvalue weighted by Crippen LogP contribution is -2.35. The first kappa shape index (κ1) is 24.2. The number of nitrogens with zero attached hydrogens (tertiary/aromatic N) is 3. The number of methoxy groups -OCH3 is 1. The zero-order chi connectivity index (χ0) is 25.6. The Balaban J connectivity index is 1.45. The SMILES string of the molecule is C=CC(=O)Nc1cccnc1-c1cccc2cnc(Nc3ccc(NC4CCNCC4)cc3OC)nc12. The lowest BCUT2D eigenvalue weighted by atomic mass is 10.1. The van der Waals surface area contributed by atoms with Crippen LogP contribution in [0.1, 0.15) is 12.8 Å². The molecule has 37 heavy (non-hydrogen) atoms. The van der Waals surface area contributed by atoms with Gasteiger partial charge in [0.2, 0.25) is 11.9 Å². The molecule has 2 aromatic carbocycles. The molecular formula is C28H29N7O2. The van der Waals surface area contributed by atoms with Gasteiger partial charge in [0.25, 0.3) is 0 Å². The molecule has 1 aliphatic rings. The fourth-order valence-electron chi connectivity index (χ4n) is 4.42. The highest BCUT2D eigenvalue weighted by Gasteiger charge is 2.16.